The van der Waals surface area contributed by atoms with Gasteiger partial charge in [-0.05, 0) is 18.2 Å². The topological polar surface area (TPSA) is 53.2 Å². The quantitative estimate of drug-likeness (QED) is 0.739. The maximum Gasteiger partial charge on any atom is 0.174 e. The van der Waals surface area contributed by atoms with Crippen molar-refractivity contribution in [2.75, 3.05) is 12.3 Å². The highest BCUT2D eigenvalue weighted by molar-refractivity contribution is 8.00. The molecule has 4 nitrogen and oxygen atoms in total. The van der Waals surface area contributed by atoms with Crippen molar-refractivity contribution in [3.63, 3.8) is 0 Å². The molecule has 0 amide bonds. The fraction of sp³-hybridized carbons (Fsp3) is 0.300. The minimum absolute atomic E-state index is 0.00497. The molecule has 0 spiro atoms. The summed E-state index contributed by atoms with van der Waals surface area (Å²) in [5, 5.41) is 1.12. The molecule has 1 saturated heterocycles. The van der Waals surface area contributed by atoms with Gasteiger partial charge in [-0.15, -0.1) is 11.8 Å². The zero-order valence-corrected chi connectivity index (χ0v) is 11.1. The average Bonchev–Trinajstić information content (AvgIpc) is 2.78. The zero-order chi connectivity index (χ0) is 12.3. The third-order valence-electron chi connectivity index (χ3n) is 2.26. The van der Waals surface area contributed by atoms with Crippen molar-refractivity contribution in [2.24, 2.45) is 0 Å². The van der Waals surface area contributed by atoms with E-state index in [1.54, 1.807) is 18.2 Å². The molecule has 0 aromatic heterocycles. The second-order valence-corrected chi connectivity index (χ2v) is 5.53. The molecule has 1 atom stereocenters. The van der Waals surface area contributed by atoms with Crippen LogP contribution < -0.4 is 16.4 Å². The van der Waals surface area contributed by atoms with E-state index >= 15 is 0 Å². The van der Waals surface area contributed by atoms with E-state index in [0.717, 1.165) is 6.54 Å². The number of Topliss-reactive ketones (excluding diaryl/α,β-unsaturated/α-hetero) is 1. The van der Waals surface area contributed by atoms with Crippen molar-refractivity contribution in [1.29, 1.82) is 0 Å². The van der Waals surface area contributed by atoms with Crippen LogP contribution in [-0.4, -0.2) is 23.5 Å². The number of rotatable bonds is 4. The normalized spacial score (nSPS) is 19.5. The first kappa shape index (κ1) is 13.1. The highest BCUT2D eigenvalue weighted by atomic mass is 35.5. The van der Waals surface area contributed by atoms with Crippen molar-refractivity contribution < 1.29 is 4.79 Å². The fourth-order valence-corrected chi connectivity index (χ4v) is 2.76. The first-order valence-electron chi connectivity index (χ1n) is 5.00. The summed E-state index contributed by atoms with van der Waals surface area (Å²) < 4.78 is 0. The van der Waals surface area contributed by atoms with Gasteiger partial charge >= 0.3 is 0 Å². The number of carbonyl (C=O) groups excluding carboxylic acids is 1. The summed E-state index contributed by atoms with van der Waals surface area (Å²) in [7, 11) is 0. The Morgan fingerprint density at radius 1 is 1.47 bits per heavy atom. The van der Waals surface area contributed by atoms with Crippen molar-refractivity contribution in [2.45, 2.75) is 5.37 Å². The van der Waals surface area contributed by atoms with Crippen molar-refractivity contribution in [3.8, 4) is 0 Å². The number of carbonyl (C=O) groups is 1. The predicted molar refractivity (Wildman–Crippen MR) is 71.3 cm³/mol. The molecule has 1 fully saturated rings. The third-order valence-corrected chi connectivity index (χ3v) is 3.92. The van der Waals surface area contributed by atoms with E-state index in [4.69, 9.17) is 23.2 Å². The number of benzene rings is 1. The Labute approximate surface area is 113 Å². The van der Waals surface area contributed by atoms with Crippen molar-refractivity contribution >= 4 is 40.7 Å². The van der Waals surface area contributed by atoms with E-state index in [1.165, 1.54) is 11.8 Å². The molecule has 1 aliphatic rings. The molecule has 1 aliphatic heterocycles. The van der Waals surface area contributed by atoms with E-state index < -0.39 is 0 Å². The van der Waals surface area contributed by atoms with Crippen LogP contribution in [0.3, 0.4) is 0 Å². The molecular weight excluding hydrogens is 281 g/mol. The number of halogens is 2. The maximum atomic E-state index is 11.9. The molecule has 17 heavy (non-hydrogen) atoms. The maximum absolute atomic E-state index is 11.9. The van der Waals surface area contributed by atoms with E-state index in [0.29, 0.717) is 21.4 Å². The van der Waals surface area contributed by atoms with Crippen LogP contribution in [0.5, 0.6) is 0 Å². The number of ketones is 1. The van der Waals surface area contributed by atoms with Crippen molar-refractivity contribution in [1.82, 2.24) is 16.4 Å². The molecule has 92 valence electrons. The number of hydrazine groups is 2. The summed E-state index contributed by atoms with van der Waals surface area (Å²) >= 11 is 13.3. The number of nitrogens with one attached hydrogen (secondary N) is 3. The molecule has 0 bridgehead atoms. The number of hydrogen-bond donors (Lipinski definition) is 3. The smallest absolute Gasteiger partial charge is 0.174 e. The molecule has 1 unspecified atom stereocenters. The largest absolute Gasteiger partial charge is 0.293 e. The lowest BCUT2D eigenvalue weighted by Gasteiger charge is -2.08. The summed E-state index contributed by atoms with van der Waals surface area (Å²) in [6.45, 7) is 0.770. The van der Waals surface area contributed by atoms with E-state index in [2.05, 4.69) is 16.4 Å². The Kier molecular flexibility index (Phi) is 4.67. The fourth-order valence-electron chi connectivity index (χ4n) is 1.40. The van der Waals surface area contributed by atoms with Gasteiger partial charge in [0.15, 0.2) is 5.78 Å². The van der Waals surface area contributed by atoms with Crippen LogP contribution >= 0.6 is 35.0 Å². The van der Waals surface area contributed by atoms with Gasteiger partial charge < -0.3 is 0 Å². The minimum atomic E-state index is 0.00497. The van der Waals surface area contributed by atoms with Gasteiger partial charge in [-0.2, -0.15) is 5.53 Å². The molecule has 1 aromatic carbocycles. The third kappa shape index (κ3) is 3.58. The molecule has 0 aliphatic carbocycles. The van der Waals surface area contributed by atoms with Crippen LogP contribution in [0, 0.1) is 0 Å². The first-order chi connectivity index (χ1) is 8.16. The lowest BCUT2D eigenvalue weighted by Crippen LogP contribution is -2.32. The molecule has 0 radical (unpaired) electrons. The van der Waals surface area contributed by atoms with Crippen LogP contribution in [0.25, 0.3) is 0 Å². The Morgan fingerprint density at radius 3 is 2.94 bits per heavy atom. The summed E-state index contributed by atoms with van der Waals surface area (Å²) in [5.74, 6) is 0.382. The lowest BCUT2D eigenvalue weighted by atomic mass is 10.1. The Balaban J connectivity index is 1.94. The summed E-state index contributed by atoms with van der Waals surface area (Å²) in [5.41, 5.74) is 9.20. The van der Waals surface area contributed by atoms with Gasteiger partial charge in [-0.3, -0.25) is 4.79 Å². The highest BCUT2D eigenvalue weighted by Crippen LogP contribution is 2.23. The van der Waals surface area contributed by atoms with E-state index in [1.807, 2.05) is 0 Å². The van der Waals surface area contributed by atoms with Gasteiger partial charge in [0, 0.05) is 17.1 Å². The van der Waals surface area contributed by atoms with E-state index in [9.17, 15) is 4.79 Å². The van der Waals surface area contributed by atoms with Gasteiger partial charge in [-0.1, -0.05) is 23.2 Å². The molecular formula is C10H11Cl2N3OS. The number of thioether (sulfide) groups is 1. The molecule has 3 N–H and O–H groups in total. The standard InChI is InChI=1S/C10H11Cl2N3OS/c11-6-1-2-7(8(12)3-6)9(16)5-17-10-4-13-15-14-10/h1-3,10,13-15H,4-5H2. The second kappa shape index (κ2) is 6.04. The van der Waals surface area contributed by atoms with Gasteiger partial charge in [-0.25, -0.2) is 10.9 Å². The molecule has 2 rings (SSSR count). The molecule has 0 saturated carbocycles. The first-order valence-corrected chi connectivity index (χ1v) is 6.80. The van der Waals surface area contributed by atoms with Crippen LogP contribution in [0.1, 0.15) is 10.4 Å². The van der Waals surface area contributed by atoms with Gasteiger partial charge in [0.25, 0.3) is 0 Å². The van der Waals surface area contributed by atoms with Gasteiger partial charge in [0.1, 0.15) is 0 Å². The van der Waals surface area contributed by atoms with Crippen LogP contribution in [-0.2, 0) is 0 Å². The Bertz CT molecular complexity index is 424. The Hall–Kier alpha value is -0.300. The summed E-state index contributed by atoms with van der Waals surface area (Å²) in [6, 6.07) is 4.91. The highest BCUT2D eigenvalue weighted by Gasteiger charge is 2.17. The number of hydrogen-bond acceptors (Lipinski definition) is 5. The van der Waals surface area contributed by atoms with Crippen molar-refractivity contribution in [3.05, 3.63) is 33.8 Å². The second-order valence-electron chi connectivity index (χ2n) is 3.50. The average molecular weight is 292 g/mol. The predicted octanol–water partition coefficient (Wildman–Crippen LogP) is 1.85. The molecule has 7 heteroatoms. The summed E-state index contributed by atoms with van der Waals surface area (Å²) in [6.07, 6.45) is 0. The van der Waals surface area contributed by atoms with Crippen LogP contribution in [0.2, 0.25) is 10.0 Å². The van der Waals surface area contributed by atoms with Crippen LogP contribution in [0.4, 0.5) is 0 Å². The monoisotopic (exact) mass is 291 g/mol. The summed E-state index contributed by atoms with van der Waals surface area (Å²) in [4.78, 5) is 11.9. The minimum Gasteiger partial charge on any atom is -0.293 e. The van der Waals surface area contributed by atoms with Crippen LogP contribution in [0.15, 0.2) is 18.2 Å². The Morgan fingerprint density at radius 2 is 2.29 bits per heavy atom. The lowest BCUT2D eigenvalue weighted by molar-refractivity contribution is 0.102. The SMILES string of the molecule is O=C(CSC1CNNN1)c1ccc(Cl)cc1Cl. The van der Waals surface area contributed by atoms with Gasteiger partial charge in [0.2, 0.25) is 0 Å². The van der Waals surface area contributed by atoms with Gasteiger partial charge in [0.05, 0.1) is 16.1 Å². The molecule has 1 aromatic rings. The molecule has 1 heterocycles. The van der Waals surface area contributed by atoms with E-state index in [-0.39, 0.29) is 11.2 Å². The zero-order valence-electron chi connectivity index (χ0n) is 8.80.